The first kappa shape index (κ1) is 78.1. The van der Waals surface area contributed by atoms with E-state index in [4.69, 9.17) is 14.2 Å². The maximum Gasteiger partial charge on any atom is 0.306 e. The van der Waals surface area contributed by atoms with Crippen molar-refractivity contribution in [3.63, 3.8) is 0 Å². The van der Waals surface area contributed by atoms with Crippen LogP contribution in [-0.4, -0.2) is 37.2 Å². The van der Waals surface area contributed by atoms with E-state index in [1.807, 2.05) is 0 Å². The first-order valence-electron chi connectivity index (χ1n) is 36.7. The second-order valence-electron chi connectivity index (χ2n) is 25.2. The number of rotatable bonds is 69. The molecule has 1 atom stereocenters. The van der Waals surface area contributed by atoms with Gasteiger partial charge in [-0.2, -0.15) is 0 Å². The largest absolute Gasteiger partial charge is 0.462 e. The molecular formula is C74H142O6. The Hall–Kier alpha value is -1.85. The molecule has 0 aromatic carbocycles. The summed E-state index contributed by atoms with van der Waals surface area (Å²) < 4.78 is 17.0. The SMILES string of the molecule is CCCCCCCC/C=C\CCCCCCCCCCCC(=O)OC(COC(=O)CCCCCCCCCCCCCCCCCCCC)COC(=O)CCCCCCCCCCCCCCCCCCCCCCCCCCC. The van der Waals surface area contributed by atoms with Gasteiger partial charge >= 0.3 is 17.9 Å². The van der Waals surface area contributed by atoms with Crippen LogP contribution in [-0.2, 0) is 28.6 Å². The fraction of sp³-hybridized carbons (Fsp3) is 0.932. The van der Waals surface area contributed by atoms with Gasteiger partial charge in [-0.3, -0.25) is 14.4 Å². The molecule has 0 aromatic heterocycles. The summed E-state index contributed by atoms with van der Waals surface area (Å²) in [4.78, 5) is 38.5. The molecule has 0 aliphatic carbocycles. The third-order valence-electron chi connectivity index (χ3n) is 17.0. The van der Waals surface area contributed by atoms with E-state index in [0.717, 1.165) is 57.8 Å². The topological polar surface area (TPSA) is 78.9 Å². The molecule has 0 saturated carbocycles. The molecular weight excluding hydrogens is 985 g/mol. The van der Waals surface area contributed by atoms with Gasteiger partial charge < -0.3 is 14.2 Å². The number of ether oxygens (including phenoxy) is 3. The van der Waals surface area contributed by atoms with E-state index in [9.17, 15) is 14.4 Å². The summed E-state index contributed by atoms with van der Waals surface area (Å²) in [6.45, 7) is 6.74. The van der Waals surface area contributed by atoms with Crippen molar-refractivity contribution in [3.05, 3.63) is 12.2 Å². The molecule has 0 saturated heterocycles. The molecule has 474 valence electrons. The molecule has 0 amide bonds. The highest BCUT2D eigenvalue weighted by Crippen LogP contribution is 2.19. The molecule has 0 spiro atoms. The van der Waals surface area contributed by atoms with E-state index >= 15 is 0 Å². The quantitative estimate of drug-likeness (QED) is 0.0261. The van der Waals surface area contributed by atoms with Crippen LogP contribution in [0, 0.1) is 0 Å². The van der Waals surface area contributed by atoms with Crippen molar-refractivity contribution in [2.24, 2.45) is 0 Å². The van der Waals surface area contributed by atoms with E-state index in [1.165, 1.54) is 327 Å². The summed E-state index contributed by atoms with van der Waals surface area (Å²) in [5, 5.41) is 0. The third-order valence-corrected chi connectivity index (χ3v) is 17.0. The summed E-state index contributed by atoms with van der Waals surface area (Å²) in [5.74, 6) is -0.826. The molecule has 6 heteroatoms. The van der Waals surface area contributed by atoms with E-state index in [1.54, 1.807) is 0 Å². The molecule has 0 aliphatic rings. The minimum atomic E-state index is -0.768. The van der Waals surface area contributed by atoms with Crippen LogP contribution >= 0.6 is 0 Å². The molecule has 6 nitrogen and oxygen atoms in total. The van der Waals surface area contributed by atoms with Crippen molar-refractivity contribution in [1.29, 1.82) is 0 Å². The van der Waals surface area contributed by atoms with Gasteiger partial charge in [0, 0.05) is 19.3 Å². The molecule has 0 aromatic rings. The Morgan fingerprint density at radius 1 is 0.237 bits per heavy atom. The van der Waals surface area contributed by atoms with Crippen LogP contribution < -0.4 is 0 Å². The van der Waals surface area contributed by atoms with Crippen molar-refractivity contribution in [3.8, 4) is 0 Å². The average molecular weight is 1130 g/mol. The number of hydrogen-bond donors (Lipinski definition) is 0. The molecule has 1 unspecified atom stereocenters. The van der Waals surface area contributed by atoms with Crippen molar-refractivity contribution in [1.82, 2.24) is 0 Å². The Kier molecular flexibility index (Phi) is 68.0. The van der Waals surface area contributed by atoms with Gasteiger partial charge in [0.05, 0.1) is 0 Å². The Morgan fingerprint density at radius 3 is 0.625 bits per heavy atom. The van der Waals surface area contributed by atoms with E-state index in [2.05, 4.69) is 32.9 Å². The van der Waals surface area contributed by atoms with E-state index in [0.29, 0.717) is 19.3 Å². The lowest BCUT2D eigenvalue weighted by molar-refractivity contribution is -0.167. The first-order valence-corrected chi connectivity index (χ1v) is 36.7. The van der Waals surface area contributed by atoms with Gasteiger partial charge in [0.1, 0.15) is 13.2 Å². The zero-order valence-corrected chi connectivity index (χ0v) is 54.6. The van der Waals surface area contributed by atoms with Gasteiger partial charge in [0.15, 0.2) is 6.10 Å². The fourth-order valence-corrected chi connectivity index (χ4v) is 11.5. The van der Waals surface area contributed by atoms with Crippen LogP contribution in [0.25, 0.3) is 0 Å². The minimum Gasteiger partial charge on any atom is -0.462 e. The van der Waals surface area contributed by atoms with Crippen LogP contribution in [0.2, 0.25) is 0 Å². The Morgan fingerprint density at radius 2 is 0.412 bits per heavy atom. The van der Waals surface area contributed by atoms with Gasteiger partial charge in [-0.15, -0.1) is 0 Å². The van der Waals surface area contributed by atoms with Crippen LogP contribution in [0.1, 0.15) is 425 Å². The average Bonchev–Trinajstić information content (AvgIpc) is 3.46. The Balaban J connectivity index is 4.25. The number of allylic oxidation sites excluding steroid dienone is 2. The van der Waals surface area contributed by atoms with Crippen LogP contribution in [0.4, 0.5) is 0 Å². The monoisotopic (exact) mass is 1130 g/mol. The normalized spacial score (nSPS) is 12.0. The summed E-state index contributed by atoms with van der Waals surface area (Å²) in [6.07, 6.45) is 83.9. The number of carbonyl (C=O) groups is 3. The number of carbonyl (C=O) groups excluding carboxylic acids is 3. The second-order valence-corrected chi connectivity index (χ2v) is 25.2. The number of esters is 3. The van der Waals surface area contributed by atoms with E-state index < -0.39 is 6.10 Å². The molecule has 0 N–H and O–H groups in total. The Labute approximate surface area is 501 Å². The van der Waals surface area contributed by atoms with Crippen molar-refractivity contribution in [2.75, 3.05) is 13.2 Å². The number of hydrogen-bond acceptors (Lipinski definition) is 6. The highest BCUT2D eigenvalue weighted by Gasteiger charge is 2.20. The first-order chi connectivity index (χ1) is 39.5. The highest BCUT2D eigenvalue weighted by molar-refractivity contribution is 5.71. The maximum atomic E-state index is 13.0. The second kappa shape index (κ2) is 69.6. The molecule has 0 rings (SSSR count). The lowest BCUT2D eigenvalue weighted by Gasteiger charge is -2.18. The third kappa shape index (κ3) is 66.9. The summed E-state index contributed by atoms with van der Waals surface area (Å²) in [5.41, 5.74) is 0. The van der Waals surface area contributed by atoms with Gasteiger partial charge in [-0.05, 0) is 44.9 Å². The fourth-order valence-electron chi connectivity index (χ4n) is 11.5. The smallest absolute Gasteiger partial charge is 0.306 e. The van der Waals surface area contributed by atoms with Crippen molar-refractivity contribution < 1.29 is 28.6 Å². The highest BCUT2D eigenvalue weighted by atomic mass is 16.6. The summed E-state index contributed by atoms with van der Waals surface area (Å²) in [7, 11) is 0. The predicted molar refractivity (Wildman–Crippen MR) is 349 cm³/mol. The van der Waals surface area contributed by atoms with E-state index in [-0.39, 0.29) is 31.1 Å². The molecule has 0 heterocycles. The lowest BCUT2D eigenvalue weighted by atomic mass is 10.0. The standard InChI is InChI=1S/C74H142O6/c1-4-7-10-13-16-19-22-25-28-31-34-35-36-37-38-39-41-43-46-49-52-55-58-61-64-67-73(76)79-70-71(69-78-72(75)66-63-60-57-54-51-48-45-42-33-30-27-24-21-18-15-12-9-6-3)80-74(77)68-65-62-59-56-53-50-47-44-40-32-29-26-23-20-17-14-11-8-5-2/h26,29,71H,4-25,27-28,30-70H2,1-3H3/b29-26-. The Bertz CT molecular complexity index is 1250. The van der Waals surface area contributed by atoms with Crippen molar-refractivity contribution in [2.45, 2.75) is 431 Å². The zero-order chi connectivity index (χ0) is 57.8. The summed E-state index contributed by atoms with van der Waals surface area (Å²) in [6, 6.07) is 0. The molecule has 80 heavy (non-hydrogen) atoms. The maximum absolute atomic E-state index is 13.0. The van der Waals surface area contributed by atoms with Crippen molar-refractivity contribution >= 4 is 17.9 Å². The number of unbranched alkanes of at least 4 members (excludes halogenated alkanes) is 56. The minimum absolute atomic E-state index is 0.0635. The van der Waals surface area contributed by atoms with Crippen LogP contribution in [0.5, 0.6) is 0 Å². The van der Waals surface area contributed by atoms with Crippen LogP contribution in [0.15, 0.2) is 12.2 Å². The van der Waals surface area contributed by atoms with Gasteiger partial charge in [0.25, 0.3) is 0 Å². The lowest BCUT2D eigenvalue weighted by Crippen LogP contribution is -2.30. The molecule has 0 aliphatic heterocycles. The van der Waals surface area contributed by atoms with Gasteiger partial charge in [-0.1, -0.05) is 373 Å². The van der Waals surface area contributed by atoms with Gasteiger partial charge in [-0.25, -0.2) is 0 Å². The predicted octanol–water partition coefficient (Wildman–Crippen LogP) is 25.2. The molecule has 0 radical (unpaired) electrons. The van der Waals surface area contributed by atoms with Gasteiger partial charge in [0.2, 0.25) is 0 Å². The molecule has 0 fully saturated rings. The van der Waals surface area contributed by atoms with Crippen LogP contribution in [0.3, 0.4) is 0 Å². The molecule has 0 bridgehead atoms. The zero-order valence-electron chi connectivity index (χ0n) is 54.6. The summed E-state index contributed by atoms with van der Waals surface area (Å²) >= 11 is 0.